The lowest BCUT2D eigenvalue weighted by molar-refractivity contribution is 0.0234. The van der Waals surface area contributed by atoms with Crippen LogP contribution >= 0.6 is 0 Å². The summed E-state index contributed by atoms with van der Waals surface area (Å²) in [5, 5.41) is 0. The first-order chi connectivity index (χ1) is 8.61. The van der Waals surface area contributed by atoms with Crippen molar-refractivity contribution in [3.05, 3.63) is 29.3 Å². The molecule has 4 heteroatoms. The lowest BCUT2D eigenvalue weighted by atomic mass is 10.0. The van der Waals surface area contributed by atoms with Gasteiger partial charge in [-0.25, -0.2) is 4.79 Å². The quantitative estimate of drug-likeness (QED) is 0.832. The average molecular weight is 264 g/mol. The molecule has 1 aromatic carbocycles. The Morgan fingerprint density at radius 2 is 1.95 bits per heavy atom. The van der Waals surface area contributed by atoms with E-state index in [0.717, 1.165) is 16.8 Å². The van der Waals surface area contributed by atoms with Crippen molar-refractivity contribution in [2.45, 2.75) is 46.3 Å². The summed E-state index contributed by atoms with van der Waals surface area (Å²) in [5.41, 5.74) is 8.19. The lowest BCUT2D eigenvalue weighted by Gasteiger charge is -2.29. The molecule has 0 unspecified atom stereocenters. The number of hydrogen-bond acceptors (Lipinski definition) is 3. The predicted molar refractivity (Wildman–Crippen MR) is 78.0 cm³/mol. The molecule has 0 aliphatic heterocycles. The van der Waals surface area contributed by atoms with Gasteiger partial charge >= 0.3 is 6.09 Å². The molecule has 0 aliphatic carbocycles. The highest BCUT2D eigenvalue weighted by Crippen LogP contribution is 2.24. The van der Waals surface area contributed by atoms with E-state index in [9.17, 15) is 4.79 Å². The van der Waals surface area contributed by atoms with Crippen LogP contribution in [0, 0.1) is 6.92 Å². The molecular formula is C15H24N2O2. The first kappa shape index (κ1) is 15.3. The summed E-state index contributed by atoms with van der Waals surface area (Å²) in [7, 11) is 1.73. The number of rotatable bonds is 2. The number of benzene rings is 1. The summed E-state index contributed by atoms with van der Waals surface area (Å²) in [4.78, 5) is 13.6. The third-order valence-electron chi connectivity index (χ3n) is 3.05. The van der Waals surface area contributed by atoms with E-state index in [4.69, 9.17) is 10.5 Å². The van der Waals surface area contributed by atoms with E-state index in [1.54, 1.807) is 11.9 Å². The minimum Gasteiger partial charge on any atom is -0.444 e. The Balaban J connectivity index is 2.84. The zero-order valence-electron chi connectivity index (χ0n) is 12.7. The molecule has 0 radical (unpaired) electrons. The fourth-order valence-electron chi connectivity index (χ4n) is 1.63. The van der Waals surface area contributed by atoms with Gasteiger partial charge in [-0.1, -0.05) is 12.1 Å². The maximum absolute atomic E-state index is 12.0. The van der Waals surface area contributed by atoms with Gasteiger partial charge in [0.2, 0.25) is 0 Å². The van der Waals surface area contributed by atoms with E-state index in [2.05, 4.69) is 0 Å². The number of nitrogens with zero attached hydrogens (tertiary/aromatic N) is 1. The summed E-state index contributed by atoms with van der Waals surface area (Å²) in [6.07, 6.45) is -0.334. The van der Waals surface area contributed by atoms with E-state index in [1.807, 2.05) is 52.8 Å². The molecule has 1 rings (SSSR count). The lowest BCUT2D eigenvalue weighted by Crippen LogP contribution is -2.35. The van der Waals surface area contributed by atoms with Crippen molar-refractivity contribution in [1.29, 1.82) is 0 Å². The Hall–Kier alpha value is -1.71. The number of carbonyl (C=O) groups is 1. The number of nitrogen functional groups attached to an aromatic ring is 1. The normalized spacial score (nSPS) is 12.9. The van der Waals surface area contributed by atoms with Gasteiger partial charge in [0.25, 0.3) is 0 Å². The number of aryl methyl sites for hydroxylation is 1. The van der Waals surface area contributed by atoms with Gasteiger partial charge in [0.15, 0.2) is 0 Å². The minimum atomic E-state index is -0.489. The van der Waals surface area contributed by atoms with Gasteiger partial charge in [-0.3, -0.25) is 0 Å². The van der Waals surface area contributed by atoms with Crippen LogP contribution in [0.5, 0.6) is 0 Å². The van der Waals surface area contributed by atoms with E-state index >= 15 is 0 Å². The molecule has 2 N–H and O–H groups in total. The van der Waals surface area contributed by atoms with Crippen molar-refractivity contribution < 1.29 is 9.53 Å². The fourth-order valence-corrected chi connectivity index (χ4v) is 1.63. The van der Waals surface area contributed by atoms with Crippen LogP contribution in [-0.2, 0) is 4.74 Å². The second kappa shape index (κ2) is 5.51. The van der Waals surface area contributed by atoms with Crippen molar-refractivity contribution in [3.63, 3.8) is 0 Å². The van der Waals surface area contributed by atoms with Crippen LogP contribution in [0.25, 0.3) is 0 Å². The summed E-state index contributed by atoms with van der Waals surface area (Å²) in [6.45, 7) is 9.48. The maximum Gasteiger partial charge on any atom is 0.410 e. The van der Waals surface area contributed by atoms with Gasteiger partial charge in [0, 0.05) is 12.7 Å². The van der Waals surface area contributed by atoms with E-state index < -0.39 is 5.60 Å². The smallest absolute Gasteiger partial charge is 0.410 e. The van der Waals surface area contributed by atoms with Crippen molar-refractivity contribution in [3.8, 4) is 0 Å². The molecule has 0 aliphatic rings. The molecule has 1 atom stereocenters. The summed E-state index contributed by atoms with van der Waals surface area (Å²) in [6, 6.07) is 5.76. The molecule has 4 nitrogen and oxygen atoms in total. The van der Waals surface area contributed by atoms with Crippen molar-refractivity contribution >= 4 is 11.8 Å². The Morgan fingerprint density at radius 3 is 2.42 bits per heavy atom. The maximum atomic E-state index is 12.0. The predicted octanol–water partition coefficient (Wildman–Crippen LogP) is 3.51. The van der Waals surface area contributed by atoms with E-state index in [0.29, 0.717) is 0 Å². The number of hydrogen-bond donors (Lipinski definition) is 1. The Morgan fingerprint density at radius 1 is 1.37 bits per heavy atom. The van der Waals surface area contributed by atoms with Gasteiger partial charge in [-0.15, -0.1) is 0 Å². The van der Waals surface area contributed by atoms with Crippen LogP contribution in [0.3, 0.4) is 0 Å². The second-order valence-corrected chi connectivity index (χ2v) is 5.88. The monoisotopic (exact) mass is 264 g/mol. The Bertz CT molecular complexity index is 464. The van der Waals surface area contributed by atoms with Gasteiger partial charge in [-0.2, -0.15) is 0 Å². The first-order valence-electron chi connectivity index (χ1n) is 6.43. The number of amides is 1. The van der Waals surface area contributed by atoms with E-state index in [-0.39, 0.29) is 12.1 Å². The Kier molecular flexibility index (Phi) is 4.45. The number of ether oxygens (including phenoxy) is 1. The van der Waals surface area contributed by atoms with Crippen molar-refractivity contribution in [1.82, 2.24) is 4.90 Å². The highest BCUT2D eigenvalue weighted by Gasteiger charge is 2.23. The number of carbonyl (C=O) groups excluding carboxylic acids is 1. The highest BCUT2D eigenvalue weighted by atomic mass is 16.6. The number of nitrogens with two attached hydrogens (primary N) is 1. The molecule has 0 aromatic heterocycles. The Labute approximate surface area is 115 Å². The van der Waals surface area contributed by atoms with Crippen molar-refractivity contribution in [2.24, 2.45) is 0 Å². The minimum absolute atomic E-state index is 0.0854. The fraction of sp³-hybridized carbons (Fsp3) is 0.533. The molecule has 106 valence electrons. The molecule has 0 bridgehead atoms. The van der Waals surface area contributed by atoms with Gasteiger partial charge in [-0.05, 0) is 51.8 Å². The largest absolute Gasteiger partial charge is 0.444 e. The molecule has 0 fully saturated rings. The van der Waals surface area contributed by atoms with Crippen LogP contribution in [0.1, 0.15) is 44.9 Å². The van der Waals surface area contributed by atoms with Crippen LogP contribution < -0.4 is 5.73 Å². The summed E-state index contributed by atoms with van der Waals surface area (Å²) >= 11 is 0. The summed E-state index contributed by atoms with van der Waals surface area (Å²) < 4.78 is 5.35. The van der Waals surface area contributed by atoms with E-state index in [1.165, 1.54) is 0 Å². The van der Waals surface area contributed by atoms with Crippen LogP contribution in [0.4, 0.5) is 10.5 Å². The molecule has 0 spiro atoms. The number of anilines is 1. The average Bonchev–Trinajstić information content (AvgIpc) is 2.28. The molecule has 0 heterocycles. The topological polar surface area (TPSA) is 55.6 Å². The van der Waals surface area contributed by atoms with Gasteiger partial charge in [0.1, 0.15) is 5.60 Å². The molecule has 0 saturated heterocycles. The molecule has 0 saturated carbocycles. The van der Waals surface area contributed by atoms with Gasteiger partial charge in [0.05, 0.1) is 6.04 Å². The van der Waals surface area contributed by atoms with Crippen LogP contribution in [0.2, 0.25) is 0 Å². The van der Waals surface area contributed by atoms with Crippen molar-refractivity contribution in [2.75, 3.05) is 12.8 Å². The SMILES string of the molecule is Cc1ccc([C@H](C)N(C)C(=O)OC(C)(C)C)cc1N. The highest BCUT2D eigenvalue weighted by molar-refractivity contribution is 5.68. The summed E-state index contributed by atoms with van der Waals surface area (Å²) in [5.74, 6) is 0. The van der Waals surface area contributed by atoms with Gasteiger partial charge < -0.3 is 15.4 Å². The molecule has 1 aromatic rings. The third-order valence-corrected chi connectivity index (χ3v) is 3.05. The molecule has 19 heavy (non-hydrogen) atoms. The van der Waals surface area contributed by atoms with Crippen LogP contribution in [0.15, 0.2) is 18.2 Å². The third kappa shape index (κ3) is 4.16. The van der Waals surface area contributed by atoms with Crippen LogP contribution in [-0.4, -0.2) is 23.6 Å². The molecular weight excluding hydrogens is 240 g/mol. The standard InChI is InChI=1S/C15H24N2O2/c1-10-7-8-12(9-13(10)16)11(2)17(6)14(18)19-15(3,4)5/h7-9,11H,16H2,1-6H3/t11-/m0/s1. The first-order valence-corrected chi connectivity index (χ1v) is 6.43. The zero-order chi connectivity index (χ0) is 14.8. The second-order valence-electron chi connectivity index (χ2n) is 5.88. The molecule has 1 amide bonds. The zero-order valence-corrected chi connectivity index (χ0v) is 12.7.